The van der Waals surface area contributed by atoms with Crippen LogP contribution >= 0.6 is 0 Å². The van der Waals surface area contributed by atoms with Crippen molar-refractivity contribution in [3.63, 3.8) is 0 Å². The van der Waals surface area contributed by atoms with Gasteiger partial charge in [-0.25, -0.2) is 4.79 Å². The summed E-state index contributed by atoms with van der Waals surface area (Å²) in [6.07, 6.45) is 1.39. The number of imidazole rings is 1. The van der Waals surface area contributed by atoms with Crippen molar-refractivity contribution in [1.29, 1.82) is 0 Å². The van der Waals surface area contributed by atoms with E-state index < -0.39 is 11.2 Å². The van der Waals surface area contributed by atoms with E-state index in [0.29, 0.717) is 5.69 Å². The van der Waals surface area contributed by atoms with Gasteiger partial charge in [0.25, 0.3) is 0 Å². The Morgan fingerprint density at radius 3 is 2.50 bits per heavy atom. The average Bonchev–Trinajstić information content (AvgIpc) is 2.96. The molecule has 2 heterocycles. The van der Waals surface area contributed by atoms with E-state index in [0.717, 1.165) is 35.5 Å². The van der Waals surface area contributed by atoms with Crippen LogP contribution in [-0.2, 0) is 56.4 Å². The van der Waals surface area contributed by atoms with E-state index >= 15 is 0 Å². The van der Waals surface area contributed by atoms with Crippen LogP contribution in [0.25, 0.3) is 11.2 Å². The summed E-state index contributed by atoms with van der Waals surface area (Å²) in [5.41, 5.74) is 0.256. The molecule has 0 aliphatic heterocycles. The topological polar surface area (TPSA) is 90.9 Å². The zero-order chi connectivity index (χ0) is 17.4. The molecule has 1 aromatic carbocycles. The fourth-order valence-corrected chi connectivity index (χ4v) is 2.91. The molecule has 0 saturated heterocycles. The Morgan fingerprint density at radius 1 is 1.17 bits per heavy atom. The fraction of sp³-hybridized carbons (Fsp3) is 0.200. The number of carbonyl (C=O) groups excluding carboxylic acids is 1. The number of aromatic nitrogens is 4. The molecule has 120 valence electrons. The molecule has 2 aromatic heterocycles. The van der Waals surface area contributed by atoms with Crippen molar-refractivity contribution in [3.8, 4) is 0 Å². The van der Waals surface area contributed by atoms with E-state index in [-0.39, 0.29) is 23.6 Å². The minimum atomic E-state index is -0.474. The van der Waals surface area contributed by atoms with Gasteiger partial charge in [-0.05, 0) is 0 Å². The molecule has 24 heavy (non-hydrogen) atoms. The van der Waals surface area contributed by atoms with Gasteiger partial charge >= 0.3 is 152 Å². The van der Waals surface area contributed by atoms with Crippen LogP contribution in [0, 0.1) is 0 Å². The second kappa shape index (κ2) is 6.45. The van der Waals surface area contributed by atoms with Crippen LogP contribution in [-0.4, -0.2) is 24.6 Å². The standard InChI is InChI=1S/C15H14N5O3.Y/c1-18-13-12(14(22)19(2)15(18)23)20(9-16-13)8-11(21)17-10-6-4-3-5-7-10;/h4-7,9H,8H2,1-2H3,(H,17,21);. The molecule has 8 nitrogen and oxygen atoms in total. The van der Waals surface area contributed by atoms with E-state index in [9.17, 15) is 14.4 Å². The van der Waals surface area contributed by atoms with Crippen LogP contribution < -0.4 is 18.9 Å². The van der Waals surface area contributed by atoms with Crippen LogP contribution in [0.15, 0.2) is 40.2 Å². The van der Waals surface area contributed by atoms with Crippen LogP contribution in [0.5, 0.6) is 0 Å². The van der Waals surface area contributed by atoms with Gasteiger partial charge in [-0.15, -0.1) is 0 Å². The van der Waals surface area contributed by atoms with Crippen molar-refractivity contribution in [2.45, 2.75) is 6.54 Å². The summed E-state index contributed by atoms with van der Waals surface area (Å²) in [6, 6.07) is 7.59. The Hall–Kier alpha value is -2.06. The maximum atomic E-state index is 12.3. The first kappa shape index (κ1) is 16.8. The first-order valence-electron chi connectivity index (χ1n) is 7.14. The smallest absolute Gasteiger partial charge is 0.247 e. The number of amides is 1. The van der Waals surface area contributed by atoms with Crippen LogP contribution in [0.1, 0.15) is 0 Å². The Labute approximate surface area is 156 Å². The van der Waals surface area contributed by atoms with Crippen molar-refractivity contribution >= 4 is 25.1 Å². The molecule has 0 aliphatic rings. The molecule has 0 radical (unpaired) electrons. The SMILES string of the molecule is Cn1c(=O)c2c(ncn2CC(=O)Nc2cc[c]([Y])cc2)n(C)c1=O. The number of carbonyl (C=O) groups is 1. The monoisotopic (exact) mass is 401 g/mol. The van der Waals surface area contributed by atoms with E-state index in [1.54, 1.807) is 0 Å². The summed E-state index contributed by atoms with van der Waals surface area (Å²) in [7, 11) is 2.94. The number of hydrogen-bond acceptors (Lipinski definition) is 4. The molecule has 0 atom stereocenters. The number of benzene rings is 1. The van der Waals surface area contributed by atoms with Crippen molar-refractivity contribution in [3.05, 3.63) is 51.4 Å². The third kappa shape index (κ3) is 2.99. The molecule has 9 heteroatoms. The summed E-state index contributed by atoms with van der Waals surface area (Å²) >= 11 is 1.02. The predicted molar refractivity (Wildman–Crippen MR) is 84.9 cm³/mol. The number of rotatable bonds is 3. The van der Waals surface area contributed by atoms with Gasteiger partial charge in [0.15, 0.2) is 0 Å². The molecular formula is C15H14N5O3Y. The number of nitrogens with zero attached hydrogens (tertiary/aromatic N) is 4. The number of hydrogen-bond donors (Lipinski definition) is 1. The quantitative estimate of drug-likeness (QED) is 0.625. The van der Waals surface area contributed by atoms with Crippen LogP contribution in [0.2, 0.25) is 0 Å². The van der Waals surface area contributed by atoms with Gasteiger partial charge in [-0.3, -0.25) is 0 Å². The number of fused-ring (bicyclic) bond motifs is 1. The van der Waals surface area contributed by atoms with E-state index in [1.807, 2.05) is 24.3 Å². The van der Waals surface area contributed by atoms with Gasteiger partial charge in [0.2, 0.25) is 0 Å². The second-order valence-corrected chi connectivity index (χ2v) is 7.06. The summed E-state index contributed by atoms with van der Waals surface area (Å²) < 4.78 is 4.97. The average molecular weight is 401 g/mol. The second-order valence-electron chi connectivity index (χ2n) is 5.42. The Bertz CT molecular complexity index is 1050. The molecule has 0 aliphatic carbocycles. The zero-order valence-electron chi connectivity index (χ0n) is 13.2. The maximum absolute atomic E-state index is 12.3. The fourth-order valence-electron chi connectivity index (χ4n) is 2.44. The molecule has 3 rings (SSSR count). The normalized spacial score (nSPS) is 10.9. The minimum Gasteiger partial charge on any atom is -0.247 e. The van der Waals surface area contributed by atoms with Crippen molar-refractivity contribution in [2.24, 2.45) is 14.1 Å². The molecule has 0 spiro atoms. The molecule has 0 unspecified atom stereocenters. The Morgan fingerprint density at radius 2 is 1.83 bits per heavy atom. The third-order valence-electron chi connectivity index (χ3n) is 3.73. The van der Waals surface area contributed by atoms with Crippen molar-refractivity contribution in [1.82, 2.24) is 18.7 Å². The molecular weight excluding hydrogens is 387 g/mol. The van der Waals surface area contributed by atoms with E-state index in [1.165, 1.54) is 31.9 Å². The summed E-state index contributed by atoms with van der Waals surface area (Å²) in [5, 5.41) is 2.78. The van der Waals surface area contributed by atoms with Gasteiger partial charge in [-0.1, -0.05) is 0 Å². The van der Waals surface area contributed by atoms with Gasteiger partial charge in [0.1, 0.15) is 0 Å². The first-order valence-corrected chi connectivity index (χ1v) is 8.56. The minimum absolute atomic E-state index is 0.0635. The summed E-state index contributed by atoms with van der Waals surface area (Å²) in [5.74, 6) is -0.273. The molecule has 3 aromatic rings. The van der Waals surface area contributed by atoms with Crippen LogP contribution in [0.4, 0.5) is 5.69 Å². The number of aryl methyl sites for hydroxylation is 1. The summed E-state index contributed by atoms with van der Waals surface area (Å²) in [6.45, 7) is -0.0635. The Balaban J connectivity index is 1.93. The molecule has 1 N–H and O–H groups in total. The molecule has 0 bridgehead atoms. The summed E-state index contributed by atoms with van der Waals surface area (Å²) in [4.78, 5) is 40.5. The van der Waals surface area contributed by atoms with Gasteiger partial charge < -0.3 is 0 Å². The number of nitrogens with one attached hydrogen (secondary N) is 1. The van der Waals surface area contributed by atoms with Gasteiger partial charge in [-0.2, -0.15) is 0 Å². The molecule has 0 saturated carbocycles. The van der Waals surface area contributed by atoms with Crippen molar-refractivity contribution < 1.29 is 35.7 Å². The van der Waals surface area contributed by atoms with E-state index in [2.05, 4.69) is 10.3 Å². The van der Waals surface area contributed by atoms with Gasteiger partial charge in [0, 0.05) is 0 Å². The van der Waals surface area contributed by atoms with Crippen molar-refractivity contribution in [2.75, 3.05) is 5.32 Å². The third-order valence-corrected chi connectivity index (χ3v) is 4.67. The van der Waals surface area contributed by atoms with E-state index in [4.69, 9.17) is 0 Å². The molecule has 0 fully saturated rings. The predicted octanol–water partition coefficient (Wildman–Crippen LogP) is -0.755. The Kier molecular flexibility index (Phi) is 4.51. The van der Waals surface area contributed by atoms with Gasteiger partial charge in [0.05, 0.1) is 0 Å². The first-order chi connectivity index (χ1) is 11.4. The molecule has 1 amide bonds. The number of anilines is 1. The zero-order valence-corrected chi connectivity index (χ0v) is 16.0. The van der Waals surface area contributed by atoms with Crippen LogP contribution in [0.3, 0.4) is 0 Å².